The lowest BCUT2D eigenvalue weighted by Crippen LogP contribution is -2.27. The van der Waals surface area contributed by atoms with Gasteiger partial charge in [0, 0.05) is 42.4 Å². The second kappa shape index (κ2) is 9.92. The van der Waals surface area contributed by atoms with Crippen LogP contribution in [-0.4, -0.2) is 45.4 Å². The SMILES string of the molecule is O=C(c1cccc(Cc2cc(-c3nc(-c4ccc(OC(F)(F)F)cc4)no3)c[nH]c2=O)c1)N1CCCC1. The number of alkyl halides is 3. The molecule has 0 spiro atoms. The maximum Gasteiger partial charge on any atom is 0.573 e. The fourth-order valence-corrected chi connectivity index (χ4v) is 4.19. The van der Waals surface area contributed by atoms with Gasteiger partial charge in [-0.3, -0.25) is 9.59 Å². The van der Waals surface area contributed by atoms with Gasteiger partial charge in [-0.1, -0.05) is 17.3 Å². The highest BCUT2D eigenvalue weighted by atomic mass is 19.4. The topological polar surface area (TPSA) is 101 Å². The Labute approximate surface area is 208 Å². The van der Waals surface area contributed by atoms with E-state index in [1.165, 1.54) is 18.3 Å². The summed E-state index contributed by atoms with van der Waals surface area (Å²) in [5, 5.41) is 3.89. The molecular formula is C26H21F3N4O4. The third-order valence-electron chi connectivity index (χ3n) is 5.96. The monoisotopic (exact) mass is 510 g/mol. The van der Waals surface area contributed by atoms with Gasteiger partial charge in [-0.05, 0) is 60.9 Å². The van der Waals surface area contributed by atoms with E-state index in [2.05, 4.69) is 19.9 Å². The van der Waals surface area contributed by atoms with Gasteiger partial charge >= 0.3 is 6.36 Å². The van der Waals surface area contributed by atoms with Crippen molar-refractivity contribution in [2.75, 3.05) is 13.1 Å². The number of aromatic nitrogens is 3. The van der Waals surface area contributed by atoms with Gasteiger partial charge in [0.15, 0.2) is 0 Å². The molecule has 0 unspecified atom stereocenters. The quantitative estimate of drug-likeness (QED) is 0.399. The van der Waals surface area contributed by atoms with E-state index < -0.39 is 6.36 Å². The molecule has 4 aromatic rings. The number of nitrogens with zero attached hydrogens (tertiary/aromatic N) is 3. The first-order valence-electron chi connectivity index (χ1n) is 11.6. The van der Waals surface area contributed by atoms with Crippen LogP contribution in [0, 0.1) is 0 Å². The second-order valence-electron chi connectivity index (χ2n) is 8.61. The number of benzene rings is 2. The van der Waals surface area contributed by atoms with E-state index in [1.54, 1.807) is 24.3 Å². The van der Waals surface area contributed by atoms with E-state index in [0.717, 1.165) is 43.6 Å². The number of H-pyrrole nitrogens is 1. The number of carbonyl (C=O) groups excluding carboxylic acids is 1. The highest BCUT2D eigenvalue weighted by Crippen LogP contribution is 2.27. The molecule has 1 amide bonds. The number of amides is 1. The van der Waals surface area contributed by atoms with Gasteiger partial charge in [0.2, 0.25) is 5.82 Å². The van der Waals surface area contributed by atoms with Crippen LogP contribution >= 0.6 is 0 Å². The van der Waals surface area contributed by atoms with Crippen molar-refractivity contribution in [3.05, 3.63) is 87.8 Å². The first kappa shape index (κ1) is 24.3. The van der Waals surface area contributed by atoms with Gasteiger partial charge < -0.3 is 19.1 Å². The predicted molar refractivity (Wildman–Crippen MR) is 127 cm³/mol. The number of pyridine rings is 1. The molecule has 1 saturated heterocycles. The molecule has 0 atom stereocenters. The molecule has 1 N–H and O–H groups in total. The van der Waals surface area contributed by atoms with E-state index >= 15 is 0 Å². The number of nitrogens with one attached hydrogen (secondary N) is 1. The van der Waals surface area contributed by atoms with Crippen LogP contribution in [-0.2, 0) is 6.42 Å². The average molecular weight is 510 g/mol. The Morgan fingerprint density at radius 2 is 1.81 bits per heavy atom. The summed E-state index contributed by atoms with van der Waals surface area (Å²) >= 11 is 0. The molecule has 0 aliphatic carbocycles. The zero-order valence-electron chi connectivity index (χ0n) is 19.4. The van der Waals surface area contributed by atoms with E-state index in [1.807, 2.05) is 11.0 Å². The van der Waals surface area contributed by atoms with Gasteiger partial charge in [0.25, 0.3) is 17.4 Å². The number of hydrogen-bond donors (Lipinski definition) is 1. The van der Waals surface area contributed by atoms with E-state index in [9.17, 15) is 22.8 Å². The van der Waals surface area contributed by atoms with Gasteiger partial charge in [-0.25, -0.2) is 0 Å². The third-order valence-corrected chi connectivity index (χ3v) is 5.96. The number of halogens is 3. The summed E-state index contributed by atoms with van der Waals surface area (Å²) in [6.07, 6.45) is -1.05. The number of likely N-dealkylation sites (tertiary alicyclic amines) is 1. The summed E-state index contributed by atoms with van der Waals surface area (Å²) in [5.41, 5.74) is 2.43. The normalized spacial score (nSPS) is 13.6. The standard InChI is InChI=1S/C26H21F3N4O4/c27-26(28,29)36-21-8-6-17(7-9-21)22-31-24(37-32-22)20-14-19(23(34)30-15-20)13-16-4-3-5-18(12-16)25(35)33-10-1-2-11-33/h3-9,12,14-15H,1-2,10-11,13H2,(H,30,34). The van der Waals surface area contributed by atoms with Crippen molar-refractivity contribution < 1.29 is 27.2 Å². The van der Waals surface area contributed by atoms with Crippen LogP contribution in [0.5, 0.6) is 5.75 Å². The molecular weight excluding hydrogens is 489 g/mol. The molecule has 11 heteroatoms. The zero-order valence-corrected chi connectivity index (χ0v) is 19.4. The van der Waals surface area contributed by atoms with Crippen LogP contribution < -0.4 is 10.3 Å². The van der Waals surface area contributed by atoms with Crippen LogP contribution in [0.2, 0.25) is 0 Å². The number of aromatic amines is 1. The molecule has 1 fully saturated rings. The molecule has 5 rings (SSSR count). The molecule has 0 saturated carbocycles. The molecule has 0 bridgehead atoms. The lowest BCUT2D eigenvalue weighted by Gasteiger charge is -2.15. The van der Waals surface area contributed by atoms with Gasteiger partial charge in [0.1, 0.15) is 5.75 Å². The van der Waals surface area contributed by atoms with Crippen LogP contribution in [0.25, 0.3) is 22.8 Å². The van der Waals surface area contributed by atoms with Gasteiger partial charge in [-0.15, -0.1) is 13.2 Å². The number of ether oxygens (including phenoxy) is 1. The summed E-state index contributed by atoms with van der Waals surface area (Å²) in [6.45, 7) is 1.50. The van der Waals surface area contributed by atoms with Crippen molar-refractivity contribution in [3.8, 4) is 28.6 Å². The zero-order chi connectivity index (χ0) is 26.0. The minimum Gasteiger partial charge on any atom is -0.406 e. The molecule has 1 aliphatic rings. The van der Waals surface area contributed by atoms with Crippen molar-refractivity contribution in [2.45, 2.75) is 25.6 Å². The first-order chi connectivity index (χ1) is 17.7. The second-order valence-corrected chi connectivity index (χ2v) is 8.61. The molecule has 190 valence electrons. The minimum absolute atomic E-state index is 0.0154. The van der Waals surface area contributed by atoms with Gasteiger partial charge in [-0.2, -0.15) is 4.98 Å². The Hall–Kier alpha value is -4.41. The molecule has 3 heterocycles. The molecule has 0 radical (unpaired) electrons. The predicted octanol–water partition coefficient (Wildman–Crippen LogP) is 4.82. The van der Waals surface area contributed by atoms with Crippen molar-refractivity contribution in [3.63, 3.8) is 0 Å². The Kier molecular flexibility index (Phi) is 6.51. The summed E-state index contributed by atoms with van der Waals surface area (Å²) in [6, 6.07) is 13.9. The Balaban J connectivity index is 1.34. The number of hydrogen-bond acceptors (Lipinski definition) is 6. The van der Waals surface area contributed by atoms with Crippen LogP contribution in [0.15, 0.2) is 70.1 Å². The van der Waals surface area contributed by atoms with Crippen LogP contribution in [0.1, 0.15) is 34.3 Å². The molecule has 2 aromatic carbocycles. The summed E-state index contributed by atoms with van der Waals surface area (Å²) in [7, 11) is 0. The van der Waals surface area contributed by atoms with Crippen molar-refractivity contribution >= 4 is 5.91 Å². The summed E-state index contributed by atoms with van der Waals surface area (Å²) in [5.74, 6) is -0.0923. The maximum absolute atomic E-state index is 12.7. The summed E-state index contributed by atoms with van der Waals surface area (Å²) < 4.78 is 46.3. The number of carbonyl (C=O) groups is 1. The fourth-order valence-electron chi connectivity index (χ4n) is 4.19. The average Bonchev–Trinajstić information content (AvgIpc) is 3.58. The molecule has 2 aromatic heterocycles. The van der Waals surface area contributed by atoms with Crippen LogP contribution in [0.3, 0.4) is 0 Å². The number of rotatable bonds is 6. The minimum atomic E-state index is -4.78. The highest BCUT2D eigenvalue weighted by Gasteiger charge is 2.31. The highest BCUT2D eigenvalue weighted by molar-refractivity contribution is 5.94. The third kappa shape index (κ3) is 5.71. The van der Waals surface area contributed by atoms with Crippen LogP contribution in [0.4, 0.5) is 13.2 Å². The molecule has 1 aliphatic heterocycles. The van der Waals surface area contributed by atoms with E-state index in [0.29, 0.717) is 22.3 Å². The molecule has 8 nitrogen and oxygen atoms in total. The van der Waals surface area contributed by atoms with E-state index in [-0.39, 0.29) is 35.4 Å². The largest absolute Gasteiger partial charge is 0.573 e. The van der Waals surface area contributed by atoms with Crippen molar-refractivity contribution in [1.82, 2.24) is 20.0 Å². The Bertz CT molecular complexity index is 1470. The lowest BCUT2D eigenvalue weighted by atomic mass is 10.0. The Morgan fingerprint density at radius 1 is 1.05 bits per heavy atom. The fraction of sp³-hybridized carbons (Fsp3) is 0.231. The first-order valence-corrected chi connectivity index (χ1v) is 11.6. The van der Waals surface area contributed by atoms with Gasteiger partial charge in [0.05, 0.1) is 5.56 Å². The van der Waals surface area contributed by atoms with E-state index in [4.69, 9.17) is 4.52 Å². The van der Waals surface area contributed by atoms with Crippen molar-refractivity contribution in [2.24, 2.45) is 0 Å². The lowest BCUT2D eigenvalue weighted by molar-refractivity contribution is -0.274. The molecule has 37 heavy (non-hydrogen) atoms. The van der Waals surface area contributed by atoms with Crippen molar-refractivity contribution in [1.29, 1.82) is 0 Å². The smallest absolute Gasteiger partial charge is 0.406 e. The Morgan fingerprint density at radius 3 is 2.54 bits per heavy atom. The summed E-state index contributed by atoms with van der Waals surface area (Å²) in [4.78, 5) is 34.0. The maximum atomic E-state index is 12.7.